The molecule has 0 spiro atoms. The van der Waals surface area contributed by atoms with Gasteiger partial charge in [-0.15, -0.1) is 12.8 Å². The number of terminal acetylenes is 2. The molecule has 2 aliphatic rings. The monoisotopic (exact) mass is 858 g/mol. The zero-order valence-electron chi connectivity index (χ0n) is 36.2. The molecule has 10 aromatic carbocycles. The summed E-state index contributed by atoms with van der Waals surface area (Å²) in [5, 5.41) is 4.50. The molecular formula is C65H46O2. The number of hydrogen-bond acceptors (Lipinski definition) is 2. The first-order valence-corrected chi connectivity index (χ1v) is 22.4. The third kappa shape index (κ3) is 6.30. The fraction of sp³-hybridized carbons (Fsp3) is 0.0769. The molecule has 2 heteroatoms. The first kappa shape index (κ1) is 41.2. The van der Waals surface area contributed by atoms with Crippen LogP contribution in [0, 0.1) is 24.7 Å². The highest BCUT2D eigenvalue weighted by Crippen LogP contribution is 2.58. The summed E-state index contributed by atoms with van der Waals surface area (Å²) in [6.07, 6.45) is 11.0. The highest BCUT2D eigenvalue weighted by Gasteiger charge is 2.47. The molecule has 0 unspecified atom stereocenters. The van der Waals surface area contributed by atoms with E-state index in [1.807, 2.05) is 12.1 Å². The number of benzene rings is 10. The first-order chi connectivity index (χ1) is 32.6. The quantitative estimate of drug-likeness (QED) is 0.135. The lowest BCUT2D eigenvalue weighted by Crippen LogP contribution is -2.28. The second-order valence-corrected chi connectivity index (χ2v) is 17.3. The van der Waals surface area contributed by atoms with Crippen molar-refractivity contribution in [1.82, 2.24) is 0 Å². The minimum atomic E-state index is -0.534. The van der Waals surface area contributed by atoms with E-state index in [1.54, 1.807) is 0 Å². The Balaban J connectivity index is 0.00000494. The van der Waals surface area contributed by atoms with Crippen molar-refractivity contribution < 1.29 is 9.47 Å². The van der Waals surface area contributed by atoms with Gasteiger partial charge in [0.1, 0.15) is 24.7 Å². The molecule has 0 aromatic heterocycles. The normalized spacial score (nSPS) is 13.3. The van der Waals surface area contributed by atoms with Gasteiger partial charge in [0.05, 0.1) is 10.8 Å². The number of fused-ring (bicyclic) bond motifs is 8. The zero-order chi connectivity index (χ0) is 44.2. The Kier molecular flexibility index (Phi) is 10.1. The lowest BCUT2D eigenvalue weighted by Gasteiger charge is -2.34. The smallest absolute Gasteiger partial charge is 0.148 e. The van der Waals surface area contributed by atoms with Crippen LogP contribution in [0.5, 0.6) is 11.5 Å². The van der Waals surface area contributed by atoms with E-state index in [0.717, 1.165) is 44.2 Å². The summed E-state index contributed by atoms with van der Waals surface area (Å²) in [6.45, 7) is 0.477. The van der Waals surface area contributed by atoms with Crippen molar-refractivity contribution in [2.24, 2.45) is 0 Å². The lowest BCUT2D eigenvalue weighted by atomic mass is 9.67. The lowest BCUT2D eigenvalue weighted by molar-refractivity contribution is 0.371. The second kappa shape index (κ2) is 16.5. The van der Waals surface area contributed by atoms with E-state index in [0.29, 0.717) is 0 Å². The van der Waals surface area contributed by atoms with Gasteiger partial charge in [-0.25, -0.2) is 0 Å². The van der Waals surface area contributed by atoms with E-state index in [4.69, 9.17) is 22.3 Å². The molecular weight excluding hydrogens is 813 g/mol. The minimum absolute atomic E-state index is 0. The van der Waals surface area contributed by atoms with Crippen LogP contribution in [0.4, 0.5) is 0 Å². The summed E-state index contributed by atoms with van der Waals surface area (Å²) in [6, 6.07) is 80.3. The van der Waals surface area contributed by atoms with Crippen molar-refractivity contribution in [2.45, 2.75) is 18.3 Å². The van der Waals surface area contributed by atoms with Gasteiger partial charge in [-0.05, 0) is 136 Å². The fourth-order valence-electron chi connectivity index (χ4n) is 11.2. The molecule has 0 N–H and O–H groups in total. The van der Waals surface area contributed by atoms with Gasteiger partial charge in [0.25, 0.3) is 0 Å². The maximum atomic E-state index is 5.79. The molecule has 0 aliphatic heterocycles. The van der Waals surface area contributed by atoms with Crippen LogP contribution in [0.1, 0.15) is 51.9 Å². The van der Waals surface area contributed by atoms with E-state index in [-0.39, 0.29) is 20.6 Å². The van der Waals surface area contributed by atoms with Crippen LogP contribution in [-0.4, -0.2) is 13.2 Å². The SMILES string of the molecule is C.C#CCOc1ccc2cc(C3(c4ccc(-c5ccc(C6(c7ccc8cc(OCC#C)ccc8c7)c7ccccc7-c7ccccc76)cc5)cc4)c4ccccc4-c4ccccc43)ccc2c1. The summed E-state index contributed by atoms with van der Waals surface area (Å²) in [4.78, 5) is 0. The van der Waals surface area contributed by atoms with Crippen LogP contribution in [0.2, 0.25) is 0 Å². The van der Waals surface area contributed by atoms with Crippen molar-refractivity contribution in [1.29, 1.82) is 0 Å². The van der Waals surface area contributed by atoms with Gasteiger partial charge >= 0.3 is 0 Å². The molecule has 0 saturated carbocycles. The topological polar surface area (TPSA) is 18.5 Å². The highest BCUT2D eigenvalue weighted by atomic mass is 16.5. The molecule has 0 heterocycles. The van der Waals surface area contributed by atoms with Gasteiger partial charge in [-0.3, -0.25) is 0 Å². The Morgan fingerprint density at radius 3 is 0.970 bits per heavy atom. The summed E-state index contributed by atoms with van der Waals surface area (Å²) >= 11 is 0. The Morgan fingerprint density at radius 2 is 0.627 bits per heavy atom. The van der Waals surface area contributed by atoms with Crippen LogP contribution in [-0.2, 0) is 10.8 Å². The van der Waals surface area contributed by atoms with Crippen molar-refractivity contribution in [3.8, 4) is 69.6 Å². The number of rotatable bonds is 9. The highest BCUT2D eigenvalue weighted by molar-refractivity contribution is 5.92. The predicted molar refractivity (Wildman–Crippen MR) is 277 cm³/mol. The van der Waals surface area contributed by atoms with Crippen LogP contribution >= 0.6 is 0 Å². The molecule has 0 saturated heterocycles. The summed E-state index contributed by atoms with van der Waals surface area (Å²) in [7, 11) is 0. The third-order valence-electron chi connectivity index (χ3n) is 14.0. The molecule has 2 aliphatic carbocycles. The zero-order valence-corrected chi connectivity index (χ0v) is 36.2. The van der Waals surface area contributed by atoms with Crippen LogP contribution in [0.25, 0.3) is 54.9 Å². The fourth-order valence-corrected chi connectivity index (χ4v) is 11.2. The molecule has 318 valence electrons. The predicted octanol–water partition coefficient (Wildman–Crippen LogP) is 15.0. The molecule has 0 atom stereocenters. The summed E-state index contributed by atoms with van der Waals surface area (Å²) in [5.41, 5.74) is 16.3. The maximum Gasteiger partial charge on any atom is 0.148 e. The average Bonchev–Trinajstić information content (AvgIpc) is 3.86. The Morgan fingerprint density at radius 1 is 0.328 bits per heavy atom. The van der Waals surface area contributed by atoms with E-state index in [9.17, 15) is 0 Å². The largest absolute Gasteiger partial charge is 0.481 e. The third-order valence-corrected chi connectivity index (χ3v) is 14.0. The van der Waals surface area contributed by atoms with E-state index in [1.165, 1.54) is 66.8 Å². The number of ether oxygens (including phenoxy) is 2. The second-order valence-electron chi connectivity index (χ2n) is 17.3. The van der Waals surface area contributed by atoms with Crippen molar-refractivity contribution in [3.63, 3.8) is 0 Å². The average molecular weight is 859 g/mol. The van der Waals surface area contributed by atoms with Crippen LogP contribution < -0.4 is 9.47 Å². The molecule has 2 nitrogen and oxygen atoms in total. The minimum Gasteiger partial charge on any atom is -0.481 e. The van der Waals surface area contributed by atoms with Crippen LogP contribution in [0.3, 0.4) is 0 Å². The standard InChI is InChI=1S/C64H42O2.CH4/c1-3-37-65-53-35-27-45-39-51(33-25-47(45)41-53)63(59-17-9-5-13-55(59)56-14-6-10-18-60(56)63)49-29-21-43(22-30-49)44-23-31-50(32-24-44)64(61-19-11-7-15-57(61)58-16-8-12-20-62(58)64)52-34-26-48-42-54(66-38-4-2)36-28-46(48)40-52;/h1-2,5-36,39-42H,37-38H2;1H4. The van der Waals surface area contributed by atoms with Crippen LogP contribution in [0.15, 0.2) is 218 Å². The Hall–Kier alpha value is -8.56. The number of hydrogen-bond donors (Lipinski definition) is 0. The summed E-state index contributed by atoms with van der Waals surface area (Å²) in [5.74, 6) is 6.69. The Bertz CT molecular complexity index is 3280. The molecule has 0 radical (unpaired) electrons. The molecule has 0 bridgehead atoms. The maximum absolute atomic E-state index is 5.79. The molecule has 67 heavy (non-hydrogen) atoms. The van der Waals surface area contributed by atoms with Gasteiger partial charge in [0.15, 0.2) is 0 Å². The molecule has 0 amide bonds. The van der Waals surface area contributed by atoms with E-state index in [2.05, 4.69) is 218 Å². The van der Waals surface area contributed by atoms with Gasteiger partial charge in [-0.1, -0.05) is 201 Å². The summed E-state index contributed by atoms with van der Waals surface area (Å²) < 4.78 is 11.6. The van der Waals surface area contributed by atoms with Crippen molar-refractivity contribution in [2.75, 3.05) is 13.2 Å². The molecule has 10 aromatic rings. The first-order valence-electron chi connectivity index (χ1n) is 22.4. The van der Waals surface area contributed by atoms with Gasteiger partial charge in [-0.2, -0.15) is 0 Å². The van der Waals surface area contributed by atoms with E-state index < -0.39 is 10.8 Å². The van der Waals surface area contributed by atoms with E-state index >= 15 is 0 Å². The van der Waals surface area contributed by atoms with Crippen molar-refractivity contribution >= 4 is 21.5 Å². The van der Waals surface area contributed by atoms with Gasteiger partial charge < -0.3 is 9.47 Å². The van der Waals surface area contributed by atoms with Gasteiger partial charge in [0, 0.05) is 0 Å². The molecule has 12 rings (SSSR count). The Labute approximate surface area is 393 Å². The van der Waals surface area contributed by atoms with Crippen molar-refractivity contribution in [3.05, 3.63) is 263 Å². The van der Waals surface area contributed by atoms with Gasteiger partial charge in [0.2, 0.25) is 0 Å². The molecule has 0 fully saturated rings.